The molecule has 192 valence electrons. The van der Waals surface area contributed by atoms with Crippen molar-refractivity contribution in [1.82, 2.24) is 0 Å². The van der Waals surface area contributed by atoms with Crippen LogP contribution in [0.1, 0.15) is 73.6 Å². The molecule has 1 N–H and O–H groups in total. The van der Waals surface area contributed by atoms with Gasteiger partial charge in [0.05, 0.1) is 29.6 Å². The molecule has 3 unspecified atom stereocenters. The van der Waals surface area contributed by atoms with Crippen molar-refractivity contribution in [1.29, 1.82) is 0 Å². The average Bonchev–Trinajstić information content (AvgIpc) is 3.47. The molecular formula is C29H40O6. The summed E-state index contributed by atoms with van der Waals surface area (Å²) < 4.78 is 16.6. The first-order valence-electron chi connectivity index (χ1n) is 12.7. The molecule has 0 saturated carbocycles. The van der Waals surface area contributed by atoms with Gasteiger partial charge in [-0.1, -0.05) is 38.1 Å². The number of phenols is 1. The van der Waals surface area contributed by atoms with Crippen LogP contribution in [-0.2, 0) is 19.1 Å². The van der Waals surface area contributed by atoms with Crippen molar-refractivity contribution < 1.29 is 28.9 Å². The molecule has 2 saturated heterocycles. The number of hydrogen-bond acceptors (Lipinski definition) is 6. The van der Waals surface area contributed by atoms with Crippen LogP contribution in [0.3, 0.4) is 0 Å². The lowest BCUT2D eigenvalue weighted by Gasteiger charge is -2.23. The Morgan fingerprint density at radius 2 is 1.57 bits per heavy atom. The van der Waals surface area contributed by atoms with Crippen molar-refractivity contribution in [2.45, 2.75) is 85.9 Å². The lowest BCUT2D eigenvalue weighted by atomic mass is 9.89. The maximum atomic E-state index is 12.1. The zero-order valence-electron chi connectivity index (χ0n) is 21.9. The smallest absolute Gasteiger partial charge is 0.316 e. The molecule has 4 rings (SSSR count). The lowest BCUT2D eigenvalue weighted by molar-refractivity contribution is -0.156. The molecule has 0 aromatic heterocycles. The van der Waals surface area contributed by atoms with Crippen molar-refractivity contribution >= 4 is 22.7 Å². The number of carbonyl (C=O) groups excluding carboxylic acids is 2. The molecule has 2 bridgehead atoms. The molecule has 2 heterocycles. The molecule has 0 radical (unpaired) electrons. The standard InChI is InChI=1S/C16H18O3.C13H22O3/c1-4-16(2,3)15(18)19-14-10-6-7-11-12(14)8-5-9-13(11)17;1-4-13(2,3)12(14)15-8-9-7-10-5-6-11(9)16-10/h5-10,17H,4H2,1-3H3;9-11H,4-8H2,1-3H3. The van der Waals surface area contributed by atoms with Crippen LogP contribution in [0, 0.1) is 16.7 Å². The van der Waals surface area contributed by atoms with E-state index in [1.54, 1.807) is 30.3 Å². The molecule has 6 nitrogen and oxygen atoms in total. The summed E-state index contributed by atoms with van der Waals surface area (Å²) in [7, 11) is 0. The summed E-state index contributed by atoms with van der Waals surface area (Å²) in [4.78, 5) is 23.9. The van der Waals surface area contributed by atoms with E-state index in [4.69, 9.17) is 14.2 Å². The SMILES string of the molecule is CCC(C)(C)C(=O)OCC1CC2CCC1O2.CCC(C)(C)C(=O)Oc1cccc2c(O)cccc12. The van der Waals surface area contributed by atoms with Gasteiger partial charge in [0.15, 0.2) is 0 Å². The van der Waals surface area contributed by atoms with E-state index in [0.717, 1.165) is 24.6 Å². The monoisotopic (exact) mass is 484 g/mol. The summed E-state index contributed by atoms with van der Waals surface area (Å²) in [6.07, 6.45) is 5.72. The molecule has 6 heteroatoms. The predicted octanol–water partition coefficient (Wildman–Crippen LogP) is 6.42. The van der Waals surface area contributed by atoms with Gasteiger partial charge in [-0.3, -0.25) is 9.59 Å². The summed E-state index contributed by atoms with van der Waals surface area (Å²) in [5, 5.41) is 11.2. The van der Waals surface area contributed by atoms with E-state index in [-0.39, 0.29) is 23.1 Å². The summed E-state index contributed by atoms with van der Waals surface area (Å²) in [5.41, 5.74) is -0.864. The third kappa shape index (κ3) is 6.35. The van der Waals surface area contributed by atoms with E-state index in [9.17, 15) is 14.7 Å². The second kappa shape index (κ2) is 11.0. The van der Waals surface area contributed by atoms with Crippen LogP contribution < -0.4 is 4.74 Å². The Balaban J connectivity index is 0.000000198. The number of rotatable bonds is 7. The number of phenolic OH excluding ortho intramolecular Hbond substituents is 1. The summed E-state index contributed by atoms with van der Waals surface area (Å²) in [6, 6.07) is 10.5. The molecule has 0 amide bonds. The van der Waals surface area contributed by atoms with E-state index in [0.29, 0.717) is 42.3 Å². The van der Waals surface area contributed by atoms with E-state index < -0.39 is 5.41 Å². The molecule has 2 aromatic rings. The second-order valence-corrected chi connectivity index (χ2v) is 11.0. The largest absolute Gasteiger partial charge is 0.507 e. The molecule has 3 atom stereocenters. The van der Waals surface area contributed by atoms with Gasteiger partial charge in [0.1, 0.15) is 11.5 Å². The normalized spacial score (nSPS) is 21.4. The second-order valence-electron chi connectivity index (χ2n) is 11.0. The molecule has 35 heavy (non-hydrogen) atoms. The zero-order valence-corrected chi connectivity index (χ0v) is 21.9. The minimum absolute atomic E-state index is 0.0715. The maximum Gasteiger partial charge on any atom is 0.316 e. The van der Waals surface area contributed by atoms with Gasteiger partial charge in [-0.15, -0.1) is 0 Å². The molecule has 0 aliphatic carbocycles. The third-order valence-electron chi connectivity index (χ3n) is 7.59. The summed E-state index contributed by atoms with van der Waals surface area (Å²) in [6.45, 7) is 12.1. The van der Waals surface area contributed by atoms with Crippen molar-refractivity contribution in [3.05, 3.63) is 36.4 Å². The van der Waals surface area contributed by atoms with E-state index in [1.807, 2.05) is 47.6 Å². The summed E-state index contributed by atoms with van der Waals surface area (Å²) in [5.74, 6) is 0.782. The highest BCUT2D eigenvalue weighted by molar-refractivity contribution is 5.94. The van der Waals surface area contributed by atoms with Gasteiger partial charge in [0.25, 0.3) is 0 Å². The van der Waals surface area contributed by atoms with Crippen molar-refractivity contribution in [2.75, 3.05) is 6.61 Å². The number of benzene rings is 2. The van der Waals surface area contributed by atoms with Gasteiger partial charge in [-0.2, -0.15) is 0 Å². The fourth-order valence-corrected chi connectivity index (χ4v) is 4.18. The summed E-state index contributed by atoms with van der Waals surface area (Å²) >= 11 is 0. The molecule has 0 spiro atoms. The molecular weight excluding hydrogens is 444 g/mol. The lowest BCUT2D eigenvalue weighted by Crippen LogP contribution is -2.30. The quantitative estimate of drug-likeness (QED) is 0.361. The van der Waals surface area contributed by atoms with Gasteiger partial charge in [0.2, 0.25) is 0 Å². The Kier molecular flexibility index (Phi) is 8.47. The number of esters is 2. The van der Waals surface area contributed by atoms with Crippen LogP contribution in [0.5, 0.6) is 11.5 Å². The Morgan fingerprint density at radius 3 is 2.17 bits per heavy atom. The predicted molar refractivity (Wildman–Crippen MR) is 136 cm³/mol. The van der Waals surface area contributed by atoms with Gasteiger partial charge >= 0.3 is 11.9 Å². The Hall–Kier alpha value is -2.60. The number of aromatic hydroxyl groups is 1. The average molecular weight is 485 g/mol. The number of ether oxygens (including phenoxy) is 3. The Labute approximate surface area is 208 Å². The highest BCUT2D eigenvalue weighted by Crippen LogP contribution is 2.39. The van der Waals surface area contributed by atoms with Crippen molar-refractivity contribution in [2.24, 2.45) is 16.7 Å². The highest BCUT2D eigenvalue weighted by Gasteiger charge is 2.41. The molecule has 2 aliphatic heterocycles. The van der Waals surface area contributed by atoms with Crippen LogP contribution in [-0.4, -0.2) is 35.9 Å². The van der Waals surface area contributed by atoms with Crippen LogP contribution >= 0.6 is 0 Å². The molecule has 2 fully saturated rings. The van der Waals surface area contributed by atoms with Crippen LogP contribution in [0.15, 0.2) is 36.4 Å². The number of carbonyl (C=O) groups is 2. The first-order valence-corrected chi connectivity index (χ1v) is 12.7. The minimum atomic E-state index is -0.515. The van der Waals surface area contributed by atoms with Gasteiger partial charge in [0, 0.05) is 16.7 Å². The van der Waals surface area contributed by atoms with Crippen molar-refractivity contribution in [3.63, 3.8) is 0 Å². The van der Waals surface area contributed by atoms with Crippen LogP contribution in [0.4, 0.5) is 0 Å². The van der Waals surface area contributed by atoms with Gasteiger partial charge in [-0.25, -0.2) is 0 Å². The number of hydrogen-bond donors (Lipinski definition) is 1. The molecule has 2 aliphatic rings. The van der Waals surface area contributed by atoms with Gasteiger partial charge < -0.3 is 19.3 Å². The first kappa shape index (κ1) is 27.0. The fraction of sp³-hybridized carbons (Fsp3) is 0.586. The number of fused-ring (bicyclic) bond motifs is 3. The third-order valence-corrected chi connectivity index (χ3v) is 7.59. The van der Waals surface area contributed by atoms with E-state index in [1.165, 1.54) is 6.42 Å². The zero-order chi connectivity index (χ0) is 25.8. The van der Waals surface area contributed by atoms with E-state index >= 15 is 0 Å². The van der Waals surface area contributed by atoms with Crippen molar-refractivity contribution in [3.8, 4) is 11.5 Å². The van der Waals surface area contributed by atoms with Gasteiger partial charge in [-0.05, 0) is 71.9 Å². The van der Waals surface area contributed by atoms with E-state index in [2.05, 4.69) is 0 Å². The Morgan fingerprint density at radius 1 is 0.943 bits per heavy atom. The maximum absolute atomic E-state index is 12.1. The highest BCUT2D eigenvalue weighted by atomic mass is 16.5. The molecule has 2 aromatic carbocycles. The fourth-order valence-electron chi connectivity index (χ4n) is 4.18. The minimum Gasteiger partial charge on any atom is -0.507 e. The Bertz CT molecular complexity index is 1040. The first-order chi connectivity index (χ1) is 16.5. The topological polar surface area (TPSA) is 82.1 Å². The van der Waals surface area contributed by atoms with Crippen LogP contribution in [0.25, 0.3) is 10.8 Å². The van der Waals surface area contributed by atoms with Crippen LogP contribution in [0.2, 0.25) is 0 Å².